The van der Waals surface area contributed by atoms with Gasteiger partial charge in [-0.05, 0) is 39.5 Å². The Hall–Kier alpha value is -0.130. The van der Waals surface area contributed by atoms with E-state index in [0.717, 1.165) is 25.6 Å². The number of nitrogens with zero attached hydrogens (tertiary/aromatic N) is 1. The van der Waals surface area contributed by atoms with Gasteiger partial charge < -0.3 is 5.32 Å². The van der Waals surface area contributed by atoms with Crippen molar-refractivity contribution in [1.82, 2.24) is 10.2 Å². The Morgan fingerprint density at radius 3 is 2.50 bits per heavy atom. The van der Waals surface area contributed by atoms with Crippen LogP contribution < -0.4 is 5.32 Å². The van der Waals surface area contributed by atoms with Crippen LogP contribution in [0.2, 0.25) is 0 Å². The van der Waals surface area contributed by atoms with Crippen LogP contribution in [0.15, 0.2) is 0 Å². The maximum Gasteiger partial charge on any atom is 0.156 e. The summed E-state index contributed by atoms with van der Waals surface area (Å²) in [5, 5.41) is 3.55. The molecule has 2 rings (SSSR count). The highest BCUT2D eigenvalue weighted by Crippen LogP contribution is 2.33. The highest BCUT2D eigenvalue weighted by atomic mass is 32.2. The summed E-state index contributed by atoms with van der Waals surface area (Å²) < 4.78 is 23.5. The minimum absolute atomic E-state index is 0.286. The van der Waals surface area contributed by atoms with Gasteiger partial charge in [-0.1, -0.05) is 0 Å². The molecule has 1 saturated heterocycles. The molecule has 1 saturated carbocycles. The number of rotatable bonds is 4. The topological polar surface area (TPSA) is 49.4 Å². The van der Waals surface area contributed by atoms with Crippen LogP contribution in [0.5, 0.6) is 0 Å². The van der Waals surface area contributed by atoms with E-state index in [1.165, 1.54) is 12.8 Å². The molecular formula is C13H26N2O2S. The Balaban J connectivity index is 1.83. The lowest BCUT2D eigenvalue weighted by molar-refractivity contribution is 0.197. The molecule has 0 radical (unpaired) electrons. The standard InChI is InChI=1S/C13H26N2O2S/c1-13(2,3)18(16,17)9-8-15-7-6-14-12(10-15)11-4-5-11/h11-12,14H,4-10H2,1-3H3. The summed E-state index contributed by atoms with van der Waals surface area (Å²) in [7, 11) is -2.98. The highest BCUT2D eigenvalue weighted by molar-refractivity contribution is 7.92. The fourth-order valence-electron chi connectivity index (χ4n) is 2.41. The molecule has 1 heterocycles. The van der Waals surface area contributed by atoms with Gasteiger partial charge in [-0.3, -0.25) is 4.90 Å². The van der Waals surface area contributed by atoms with Crippen molar-refractivity contribution in [1.29, 1.82) is 0 Å². The fourth-order valence-corrected chi connectivity index (χ4v) is 3.53. The second-order valence-corrected chi connectivity index (χ2v) is 9.49. The zero-order valence-electron chi connectivity index (χ0n) is 11.8. The van der Waals surface area contributed by atoms with E-state index in [2.05, 4.69) is 10.2 Å². The van der Waals surface area contributed by atoms with Crippen LogP contribution in [0.25, 0.3) is 0 Å². The predicted octanol–water partition coefficient (Wildman–Crippen LogP) is 0.884. The van der Waals surface area contributed by atoms with Crippen LogP contribution in [-0.4, -0.2) is 56.0 Å². The first kappa shape index (κ1) is 14.3. The molecule has 0 amide bonds. The van der Waals surface area contributed by atoms with E-state index in [4.69, 9.17) is 0 Å². The lowest BCUT2D eigenvalue weighted by Gasteiger charge is -2.34. The number of nitrogens with one attached hydrogen (secondary N) is 1. The molecule has 1 atom stereocenters. The zero-order valence-corrected chi connectivity index (χ0v) is 12.6. The Bertz CT molecular complexity index is 382. The van der Waals surface area contributed by atoms with Gasteiger partial charge in [0.25, 0.3) is 0 Å². The lowest BCUT2D eigenvalue weighted by atomic mass is 10.1. The van der Waals surface area contributed by atoms with Crippen LogP contribution in [0.1, 0.15) is 33.6 Å². The third-order valence-corrected chi connectivity index (χ3v) is 6.68. The lowest BCUT2D eigenvalue weighted by Crippen LogP contribution is -2.52. The normalized spacial score (nSPS) is 27.4. The van der Waals surface area contributed by atoms with Crippen LogP contribution in [0.3, 0.4) is 0 Å². The van der Waals surface area contributed by atoms with E-state index in [9.17, 15) is 8.42 Å². The van der Waals surface area contributed by atoms with Gasteiger partial charge in [0.1, 0.15) is 0 Å². The first-order chi connectivity index (χ1) is 8.29. The molecule has 0 aromatic carbocycles. The van der Waals surface area contributed by atoms with E-state index >= 15 is 0 Å². The van der Waals surface area contributed by atoms with Crippen molar-refractivity contribution in [3.63, 3.8) is 0 Å². The molecular weight excluding hydrogens is 248 g/mol. The second kappa shape index (κ2) is 5.10. The SMILES string of the molecule is CC(C)(C)S(=O)(=O)CCN1CCNC(C2CC2)C1. The first-order valence-corrected chi connectivity index (χ1v) is 8.63. The van der Waals surface area contributed by atoms with Gasteiger partial charge in [0, 0.05) is 32.2 Å². The molecule has 0 bridgehead atoms. The molecule has 5 heteroatoms. The maximum atomic E-state index is 12.1. The van der Waals surface area contributed by atoms with Crippen molar-refractivity contribution in [2.45, 2.75) is 44.4 Å². The molecule has 1 unspecified atom stereocenters. The minimum atomic E-state index is -2.98. The monoisotopic (exact) mass is 274 g/mol. The summed E-state index contributed by atoms with van der Waals surface area (Å²) in [6, 6.07) is 0.594. The highest BCUT2D eigenvalue weighted by Gasteiger charge is 2.35. The Morgan fingerprint density at radius 2 is 1.94 bits per heavy atom. The summed E-state index contributed by atoms with van der Waals surface area (Å²) in [4.78, 5) is 2.31. The smallest absolute Gasteiger partial charge is 0.156 e. The van der Waals surface area contributed by atoms with Crippen LogP contribution in [0.4, 0.5) is 0 Å². The molecule has 0 aromatic rings. The number of sulfone groups is 1. The molecule has 2 aliphatic rings. The van der Waals surface area contributed by atoms with Crippen molar-refractivity contribution in [2.24, 2.45) is 5.92 Å². The first-order valence-electron chi connectivity index (χ1n) is 6.98. The summed E-state index contributed by atoms with van der Waals surface area (Å²) in [5.74, 6) is 1.13. The van der Waals surface area contributed by atoms with Crippen molar-refractivity contribution in [3.05, 3.63) is 0 Å². The van der Waals surface area contributed by atoms with Gasteiger partial charge >= 0.3 is 0 Å². The van der Waals surface area contributed by atoms with Gasteiger partial charge in [0.2, 0.25) is 0 Å². The average molecular weight is 274 g/mol. The van der Waals surface area contributed by atoms with E-state index < -0.39 is 14.6 Å². The Kier molecular flexibility index (Phi) is 4.04. The van der Waals surface area contributed by atoms with Gasteiger partial charge in [-0.2, -0.15) is 0 Å². The van der Waals surface area contributed by atoms with Crippen LogP contribution in [0, 0.1) is 5.92 Å². The number of hydrogen-bond acceptors (Lipinski definition) is 4. The maximum absolute atomic E-state index is 12.1. The number of piperazine rings is 1. The zero-order chi connectivity index (χ0) is 13.4. The van der Waals surface area contributed by atoms with E-state index in [-0.39, 0.29) is 5.75 Å². The summed E-state index contributed by atoms with van der Waals surface area (Å²) in [6.07, 6.45) is 2.68. The van der Waals surface area contributed by atoms with Crippen molar-refractivity contribution < 1.29 is 8.42 Å². The third kappa shape index (κ3) is 3.45. The molecule has 4 nitrogen and oxygen atoms in total. The molecule has 1 N–H and O–H groups in total. The van der Waals surface area contributed by atoms with Gasteiger partial charge in [0.05, 0.1) is 10.5 Å². The molecule has 2 fully saturated rings. The van der Waals surface area contributed by atoms with Crippen LogP contribution in [-0.2, 0) is 9.84 Å². The largest absolute Gasteiger partial charge is 0.311 e. The number of hydrogen-bond donors (Lipinski definition) is 1. The summed E-state index contributed by atoms with van der Waals surface area (Å²) >= 11 is 0. The molecule has 0 aromatic heterocycles. The van der Waals surface area contributed by atoms with Crippen molar-refractivity contribution >= 4 is 9.84 Å². The second-order valence-electron chi connectivity index (χ2n) is 6.63. The quantitative estimate of drug-likeness (QED) is 0.827. The van der Waals surface area contributed by atoms with E-state index in [0.29, 0.717) is 12.6 Å². The Labute approximate surface area is 111 Å². The Morgan fingerprint density at radius 1 is 1.28 bits per heavy atom. The van der Waals surface area contributed by atoms with E-state index in [1.54, 1.807) is 20.8 Å². The predicted molar refractivity (Wildman–Crippen MR) is 74.5 cm³/mol. The van der Waals surface area contributed by atoms with Gasteiger partial charge in [0.15, 0.2) is 9.84 Å². The molecule has 106 valence electrons. The molecule has 1 aliphatic carbocycles. The fraction of sp³-hybridized carbons (Fsp3) is 1.00. The summed E-state index contributed by atoms with van der Waals surface area (Å²) in [5.41, 5.74) is 0. The van der Waals surface area contributed by atoms with Crippen molar-refractivity contribution in [2.75, 3.05) is 31.9 Å². The minimum Gasteiger partial charge on any atom is -0.311 e. The third-order valence-electron chi connectivity index (χ3n) is 4.09. The van der Waals surface area contributed by atoms with Crippen molar-refractivity contribution in [3.8, 4) is 0 Å². The van der Waals surface area contributed by atoms with Crippen LogP contribution >= 0.6 is 0 Å². The average Bonchev–Trinajstić information content (AvgIpc) is 3.09. The van der Waals surface area contributed by atoms with Gasteiger partial charge in [-0.25, -0.2) is 8.42 Å². The molecule has 18 heavy (non-hydrogen) atoms. The van der Waals surface area contributed by atoms with E-state index in [1.807, 2.05) is 0 Å². The van der Waals surface area contributed by atoms with Gasteiger partial charge in [-0.15, -0.1) is 0 Å². The molecule has 0 spiro atoms. The summed E-state index contributed by atoms with van der Waals surface area (Å²) in [6.45, 7) is 9.03. The molecule has 1 aliphatic heterocycles.